The lowest BCUT2D eigenvalue weighted by Crippen LogP contribution is -2.51. The first-order valence-electron chi connectivity index (χ1n) is 8.99. The Morgan fingerprint density at radius 1 is 1.00 bits per heavy atom. The van der Waals surface area contributed by atoms with Crippen molar-refractivity contribution in [2.45, 2.75) is 33.2 Å². The topological polar surface area (TPSA) is 26.8 Å². The molecule has 0 bridgehead atoms. The number of rotatable bonds is 8. The molecule has 0 radical (unpaired) electrons. The van der Waals surface area contributed by atoms with Crippen molar-refractivity contribution in [2.75, 3.05) is 45.8 Å². The van der Waals surface area contributed by atoms with Gasteiger partial charge in [-0.25, -0.2) is 0 Å². The van der Waals surface area contributed by atoms with Crippen LogP contribution in [-0.2, 0) is 11.3 Å². The maximum atomic E-state index is 12.5. The molecule has 23 heavy (non-hydrogen) atoms. The minimum atomic E-state index is 0.297. The number of benzene rings is 1. The normalized spacial score (nSPS) is 16.0. The number of nitrogens with zero attached hydrogens (tertiary/aromatic N) is 3. The van der Waals surface area contributed by atoms with Gasteiger partial charge < -0.3 is 4.90 Å². The number of amides is 1. The van der Waals surface area contributed by atoms with E-state index in [1.807, 2.05) is 4.90 Å². The predicted molar refractivity (Wildman–Crippen MR) is 95.3 cm³/mol. The third-order valence-corrected chi connectivity index (χ3v) is 4.41. The van der Waals surface area contributed by atoms with E-state index < -0.39 is 0 Å². The second-order valence-electron chi connectivity index (χ2n) is 6.42. The smallest absolute Gasteiger partial charge is 0.236 e. The van der Waals surface area contributed by atoms with Gasteiger partial charge in [-0.3, -0.25) is 14.6 Å². The highest BCUT2D eigenvalue weighted by Gasteiger charge is 2.22. The molecule has 2 rings (SSSR count). The van der Waals surface area contributed by atoms with E-state index in [0.29, 0.717) is 12.5 Å². The number of hydrogen-bond acceptors (Lipinski definition) is 3. The predicted octanol–water partition coefficient (Wildman–Crippen LogP) is 2.45. The zero-order valence-corrected chi connectivity index (χ0v) is 14.7. The van der Waals surface area contributed by atoms with Gasteiger partial charge in [-0.15, -0.1) is 0 Å². The van der Waals surface area contributed by atoms with Crippen molar-refractivity contribution in [1.82, 2.24) is 14.7 Å². The summed E-state index contributed by atoms with van der Waals surface area (Å²) in [4.78, 5) is 19.3. The number of hydrogen-bond donors (Lipinski definition) is 0. The summed E-state index contributed by atoms with van der Waals surface area (Å²) >= 11 is 0. The van der Waals surface area contributed by atoms with Crippen molar-refractivity contribution in [3.05, 3.63) is 35.9 Å². The molecule has 1 amide bonds. The van der Waals surface area contributed by atoms with Crippen LogP contribution in [0.25, 0.3) is 0 Å². The van der Waals surface area contributed by atoms with Gasteiger partial charge >= 0.3 is 0 Å². The Bertz CT molecular complexity index is 449. The van der Waals surface area contributed by atoms with Crippen molar-refractivity contribution in [3.63, 3.8) is 0 Å². The molecule has 0 N–H and O–H groups in total. The maximum Gasteiger partial charge on any atom is 0.236 e. The molecule has 1 fully saturated rings. The van der Waals surface area contributed by atoms with E-state index in [-0.39, 0.29) is 0 Å². The fourth-order valence-electron chi connectivity index (χ4n) is 3.19. The lowest BCUT2D eigenvalue weighted by atomic mass is 10.2. The summed E-state index contributed by atoms with van der Waals surface area (Å²) in [5, 5.41) is 0. The number of carbonyl (C=O) groups is 1. The molecule has 0 saturated carbocycles. The maximum absolute atomic E-state index is 12.5. The van der Waals surface area contributed by atoms with Crippen LogP contribution in [0.3, 0.4) is 0 Å². The summed E-state index contributed by atoms with van der Waals surface area (Å²) in [6.45, 7) is 11.6. The van der Waals surface area contributed by atoms with E-state index in [0.717, 1.165) is 58.7 Å². The zero-order chi connectivity index (χ0) is 16.5. The molecule has 0 aromatic heterocycles. The average Bonchev–Trinajstić information content (AvgIpc) is 2.57. The summed E-state index contributed by atoms with van der Waals surface area (Å²) in [5.74, 6) is 0.297. The third-order valence-electron chi connectivity index (χ3n) is 4.41. The highest BCUT2D eigenvalue weighted by molar-refractivity contribution is 5.78. The minimum Gasteiger partial charge on any atom is -0.339 e. The lowest BCUT2D eigenvalue weighted by molar-refractivity contribution is -0.134. The Hall–Kier alpha value is -1.39. The number of carbonyl (C=O) groups excluding carboxylic acids is 1. The molecule has 0 atom stereocenters. The van der Waals surface area contributed by atoms with Gasteiger partial charge in [0.15, 0.2) is 0 Å². The van der Waals surface area contributed by atoms with Gasteiger partial charge in [0.25, 0.3) is 0 Å². The molecule has 0 unspecified atom stereocenters. The summed E-state index contributed by atoms with van der Waals surface area (Å²) < 4.78 is 0. The summed E-state index contributed by atoms with van der Waals surface area (Å²) in [6.07, 6.45) is 2.22. The van der Waals surface area contributed by atoms with Crippen LogP contribution in [0.5, 0.6) is 0 Å². The first-order valence-corrected chi connectivity index (χ1v) is 8.99. The number of piperazine rings is 1. The molecule has 1 aromatic rings. The quantitative estimate of drug-likeness (QED) is 0.737. The van der Waals surface area contributed by atoms with Crippen molar-refractivity contribution in [1.29, 1.82) is 0 Å². The molecule has 4 nitrogen and oxygen atoms in total. The van der Waals surface area contributed by atoms with Gasteiger partial charge in [-0.05, 0) is 31.5 Å². The van der Waals surface area contributed by atoms with Crippen LogP contribution in [0.4, 0.5) is 0 Å². The molecule has 128 valence electrons. The van der Waals surface area contributed by atoms with Crippen LogP contribution >= 0.6 is 0 Å². The van der Waals surface area contributed by atoms with Gasteiger partial charge in [-0.1, -0.05) is 44.2 Å². The van der Waals surface area contributed by atoms with E-state index in [1.165, 1.54) is 5.56 Å². The summed E-state index contributed by atoms with van der Waals surface area (Å²) in [7, 11) is 0. The molecular formula is C19H31N3O. The standard InChI is InChI=1S/C19H31N3O/c1-3-10-20(11-4-2)17-19(23)22-14-12-21(13-15-22)16-18-8-6-5-7-9-18/h5-9H,3-4,10-17H2,1-2H3. The highest BCUT2D eigenvalue weighted by atomic mass is 16.2. The van der Waals surface area contributed by atoms with Gasteiger partial charge in [-0.2, -0.15) is 0 Å². The van der Waals surface area contributed by atoms with Gasteiger partial charge in [0.2, 0.25) is 5.91 Å². The van der Waals surface area contributed by atoms with E-state index in [4.69, 9.17) is 0 Å². The molecule has 4 heteroatoms. The molecule has 0 spiro atoms. The van der Waals surface area contributed by atoms with Crippen LogP contribution in [0.1, 0.15) is 32.3 Å². The lowest BCUT2D eigenvalue weighted by Gasteiger charge is -2.35. The van der Waals surface area contributed by atoms with Crippen LogP contribution in [0, 0.1) is 0 Å². The monoisotopic (exact) mass is 317 g/mol. The van der Waals surface area contributed by atoms with E-state index in [1.54, 1.807) is 0 Å². The van der Waals surface area contributed by atoms with Crippen molar-refractivity contribution >= 4 is 5.91 Å². The first kappa shape index (κ1) is 18.0. The molecule has 1 saturated heterocycles. The largest absolute Gasteiger partial charge is 0.339 e. The summed E-state index contributed by atoms with van der Waals surface area (Å²) in [5.41, 5.74) is 1.35. The van der Waals surface area contributed by atoms with E-state index >= 15 is 0 Å². The van der Waals surface area contributed by atoms with E-state index in [2.05, 4.69) is 54.0 Å². The van der Waals surface area contributed by atoms with Gasteiger partial charge in [0.05, 0.1) is 6.54 Å². The fraction of sp³-hybridized carbons (Fsp3) is 0.632. The Kier molecular flexibility index (Phi) is 7.56. The average molecular weight is 317 g/mol. The van der Waals surface area contributed by atoms with Gasteiger partial charge in [0, 0.05) is 32.7 Å². The third kappa shape index (κ3) is 5.96. The molecule has 1 aliphatic heterocycles. The van der Waals surface area contributed by atoms with Crippen LogP contribution in [0.15, 0.2) is 30.3 Å². The molecule has 1 aliphatic rings. The minimum absolute atomic E-state index is 0.297. The van der Waals surface area contributed by atoms with Crippen LogP contribution < -0.4 is 0 Å². The van der Waals surface area contributed by atoms with Crippen molar-refractivity contribution in [3.8, 4) is 0 Å². The Labute approximate surface area is 141 Å². The Balaban J connectivity index is 1.75. The SMILES string of the molecule is CCCN(CCC)CC(=O)N1CCN(Cc2ccccc2)CC1. The van der Waals surface area contributed by atoms with Crippen molar-refractivity contribution < 1.29 is 4.79 Å². The Morgan fingerprint density at radius 3 is 2.17 bits per heavy atom. The molecule has 1 heterocycles. The zero-order valence-electron chi connectivity index (χ0n) is 14.7. The molecular weight excluding hydrogens is 286 g/mol. The fourth-order valence-corrected chi connectivity index (χ4v) is 3.19. The van der Waals surface area contributed by atoms with Crippen LogP contribution in [0.2, 0.25) is 0 Å². The second-order valence-corrected chi connectivity index (χ2v) is 6.42. The molecule has 0 aliphatic carbocycles. The van der Waals surface area contributed by atoms with Gasteiger partial charge in [0.1, 0.15) is 0 Å². The summed E-state index contributed by atoms with van der Waals surface area (Å²) in [6, 6.07) is 10.6. The van der Waals surface area contributed by atoms with E-state index in [9.17, 15) is 4.79 Å². The Morgan fingerprint density at radius 2 is 1.61 bits per heavy atom. The molecule has 1 aromatic carbocycles. The second kappa shape index (κ2) is 9.68. The van der Waals surface area contributed by atoms with Crippen molar-refractivity contribution in [2.24, 2.45) is 0 Å². The van der Waals surface area contributed by atoms with Crippen LogP contribution in [-0.4, -0.2) is 66.4 Å². The first-order chi connectivity index (χ1) is 11.2. The highest BCUT2D eigenvalue weighted by Crippen LogP contribution is 2.09.